The lowest BCUT2D eigenvalue weighted by molar-refractivity contribution is 0.327. The molecule has 0 radical (unpaired) electrons. The van der Waals surface area contributed by atoms with E-state index in [0.29, 0.717) is 23.3 Å². The van der Waals surface area contributed by atoms with E-state index in [1.54, 1.807) is 0 Å². The van der Waals surface area contributed by atoms with E-state index in [4.69, 9.17) is 0 Å². The van der Waals surface area contributed by atoms with E-state index in [1.807, 2.05) is 54.9 Å². The molecule has 2 heterocycles. The van der Waals surface area contributed by atoms with Crippen LogP contribution in [0.3, 0.4) is 0 Å². The van der Waals surface area contributed by atoms with Gasteiger partial charge in [-0.25, -0.2) is 0 Å². The van der Waals surface area contributed by atoms with E-state index in [-0.39, 0.29) is 0 Å². The molecule has 1 aliphatic rings. The van der Waals surface area contributed by atoms with Gasteiger partial charge in [0, 0.05) is 35.1 Å². The Kier molecular flexibility index (Phi) is 5.04. The number of nitrogens with zero attached hydrogens (tertiary/aromatic N) is 3. The monoisotopic (exact) mass is 365 g/mol. The van der Waals surface area contributed by atoms with Crippen molar-refractivity contribution in [1.29, 1.82) is 5.26 Å². The van der Waals surface area contributed by atoms with E-state index >= 15 is 0 Å². The number of pyridine rings is 2. The van der Waals surface area contributed by atoms with Crippen molar-refractivity contribution >= 4 is 6.08 Å². The summed E-state index contributed by atoms with van der Waals surface area (Å²) in [4.78, 5) is 9.20. The molecule has 0 bridgehead atoms. The molecule has 28 heavy (non-hydrogen) atoms. The van der Waals surface area contributed by atoms with E-state index in [2.05, 4.69) is 48.1 Å². The summed E-state index contributed by atoms with van der Waals surface area (Å²) in [5.41, 5.74) is 6.03. The van der Waals surface area contributed by atoms with Gasteiger partial charge in [0.2, 0.25) is 0 Å². The Morgan fingerprint density at radius 2 is 1.89 bits per heavy atom. The molecule has 138 valence electrons. The van der Waals surface area contributed by atoms with Gasteiger partial charge in [0.05, 0.1) is 17.3 Å². The van der Waals surface area contributed by atoms with E-state index in [9.17, 15) is 5.26 Å². The summed E-state index contributed by atoms with van der Waals surface area (Å²) in [6.45, 7) is 4.63. The minimum absolute atomic E-state index is 0.355. The Hall–Kier alpha value is -3.25. The molecule has 0 saturated heterocycles. The number of benzene rings is 1. The van der Waals surface area contributed by atoms with E-state index in [0.717, 1.165) is 23.2 Å². The molecule has 0 spiro atoms. The SMILES string of the molecule is CC1Cc2ncccc2C(/C=C/c2ccc(-c3ccccc3C#N)cn2)C1C. The third-order valence-corrected chi connectivity index (χ3v) is 5.88. The molecule has 3 heteroatoms. The molecule has 4 rings (SSSR count). The van der Waals surface area contributed by atoms with Crippen LogP contribution in [0.5, 0.6) is 0 Å². The van der Waals surface area contributed by atoms with Crippen molar-refractivity contribution < 1.29 is 0 Å². The molecule has 0 aliphatic heterocycles. The van der Waals surface area contributed by atoms with Gasteiger partial charge in [0.1, 0.15) is 0 Å². The van der Waals surface area contributed by atoms with Gasteiger partial charge in [-0.3, -0.25) is 9.97 Å². The first kappa shape index (κ1) is 18.1. The highest BCUT2D eigenvalue weighted by Crippen LogP contribution is 2.39. The van der Waals surface area contributed by atoms with Gasteiger partial charge in [0.15, 0.2) is 0 Å². The molecule has 1 aromatic carbocycles. The van der Waals surface area contributed by atoms with E-state index < -0.39 is 0 Å². The van der Waals surface area contributed by atoms with Crippen LogP contribution in [0.25, 0.3) is 17.2 Å². The largest absolute Gasteiger partial charge is 0.261 e. The predicted octanol–water partition coefficient (Wildman–Crippen LogP) is 5.64. The number of aromatic nitrogens is 2. The van der Waals surface area contributed by atoms with Gasteiger partial charge in [-0.1, -0.05) is 50.3 Å². The molecule has 0 saturated carbocycles. The normalized spacial score (nSPS) is 21.2. The number of nitriles is 1. The fourth-order valence-corrected chi connectivity index (χ4v) is 4.03. The highest BCUT2D eigenvalue weighted by molar-refractivity contribution is 5.70. The van der Waals surface area contributed by atoms with Gasteiger partial charge in [-0.05, 0) is 48.1 Å². The van der Waals surface area contributed by atoms with E-state index in [1.165, 1.54) is 11.3 Å². The maximum absolute atomic E-state index is 9.30. The van der Waals surface area contributed by atoms with Gasteiger partial charge in [-0.15, -0.1) is 0 Å². The Bertz CT molecular complexity index is 1040. The number of allylic oxidation sites excluding steroid dienone is 1. The first-order chi connectivity index (χ1) is 13.7. The Morgan fingerprint density at radius 1 is 1.04 bits per heavy atom. The van der Waals surface area contributed by atoms with Crippen molar-refractivity contribution in [2.45, 2.75) is 26.2 Å². The Morgan fingerprint density at radius 3 is 2.68 bits per heavy atom. The fraction of sp³-hybridized carbons (Fsp3) is 0.240. The molecular weight excluding hydrogens is 342 g/mol. The van der Waals surface area contributed by atoms with Crippen molar-refractivity contribution in [3.63, 3.8) is 0 Å². The standard InChI is InChI=1S/C25H23N3/c1-17-14-25-24(8-5-13-27-25)22(18(17)2)12-11-21-10-9-20(16-28-21)23-7-4-3-6-19(23)15-26/h3-13,16-18,22H,14H2,1-2H3/b12-11+. The van der Waals surface area contributed by atoms with Crippen LogP contribution in [-0.4, -0.2) is 9.97 Å². The molecule has 3 aromatic rings. The molecule has 1 aliphatic carbocycles. The summed E-state index contributed by atoms with van der Waals surface area (Å²) < 4.78 is 0. The van der Waals surface area contributed by atoms with Crippen molar-refractivity contribution in [2.75, 3.05) is 0 Å². The molecule has 0 amide bonds. The maximum atomic E-state index is 9.30. The third-order valence-electron chi connectivity index (χ3n) is 5.88. The maximum Gasteiger partial charge on any atom is 0.0998 e. The van der Waals surface area contributed by atoms with Gasteiger partial charge in [0.25, 0.3) is 0 Å². The predicted molar refractivity (Wildman–Crippen MR) is 112 cm³/mol. The second-order valence-corrected chi connectivity index (χ2v) is 7.59. The van der Waals surface area contributed by atoms with Crippen LogP contribution >= 0.6 is 0 Å². The lowest BCUT2D eigenvalue weighted by Crippen LogP contribution is -2.25. The van der Waals surface area contributed by atoms with Crippen molar-refractivity contribution in [3.8, 4) is 17.2 Å². The van der Waals surface area contributed by atoms with Crippen LogP contribution in [-0.2, 0) is 6.42 Å². The summed E-state index contributed by atoms with van der Waals surface area (Å²) in [6.07, 6.45) is 9.16. The summed E-state index contributed by atoms with van der Waals surface area (Å²) in [6, 6.07) is 18.1. The van der Waals surface area contributed by atoms with Gasteiger partial charge >= 0.3 is 0 Å². The topological polar surface area (TPSA) is 49.6 Å². The van der Waals surface area contributed by atoms with Crippen LogP contribution in [0.4, 0.5) is 0 Å². The Balaban J connectivity index is 1.60. The first-order valence-electron chi connectivity index (χ1n) is 9.75. The molecular formula is C25H23N3. The second-order valence-electron chi connectivity index (χ2n) is 7.59. The summed E-state index contributed by atoms with van der Waals surface area (Å²) in [5, 5.41) is 9.30. The van der Waals surface area contributed by atoms with Crippen LogP contribution < -0.4 is 0 Å². The van der Waals surface area contributed by atoms with Crippen LogP contribution in [0, 0.1) is 23.2 Å². The third kappa shape index (κ3) is 3.46. The van der Waals surface area contributed by atoms with Crippen LogP contribution in [0.1, 0.15) is 42.3 Å². The molecule has 3 unspecified atom stereocenters. The fourth-order valence-electron chi connectivity index (χ4n) is 4.03. The molecule has 2 aromatic heterocycles. The number of fused-ring (bicyclic) bond motifs is 1. The summed E-state index contributed by atoms with van der Waals surface area (Å²) in [7, 11) is 0. The van der Waals surface area contributed by atoms with Crippen molar-refractivity contribution in [1.82, 2.24) is 9.97 Å². The minimum Gasteiger partial charge on any atom is -0.261 e. The highest BCUT2D eigenvalue weighted by atomic mass is 14.7. The van der Waals surface area contributed by atoms with Crippen molar-refractivity contribution in [3.05, 3.63) is 89.5 Å². The molecule has 3 atom stereocenters. The summed E-state index contributed by atoms with van der Waals surface area (Å²) >= 11 is 0. The Labute approximate surface area is 166 Å². The van der Waals surface area contributed by atoms with Crippen LogP contribution in [0.2, 0.25) is 0 Å². The minimum atomic E-state index is 0.355. The second kappa shape index (κ2) is 7.78. The zero-order chi connectivity index (χ0) is 19.5. The number of hydrogen-bond acceptors (Lipinski definition) is 3. The van der Waals surface area contributed by atoms with Crippen LogP contribution in [0.15, 0.2) is 67.0 Å². The average molecular weight is 365 g/mol. The lowest BCUT2D eigenvalue weighted by atomic mass is 9.72. The summed E-state index contributed by atoms with van der Waals surface area (Å²) in [5.74, 6) is 1.53. The molecule has 3 nitrogen and oxygen atoms in total. The molecule has 0 fully saturated rings. The van der Waals surface area contributed by atoms with Gasteiger partial charge < -0.3 is 0 Å². The average Bonchev–Trinajstić information content (AvgIpc) is 2.74. The zero-order valence-electron chi connectivity index (χ0n) is 16.2. The number of hydrogen-bond donors (Lipinski definition) is 0. The lowest BCUT2D eigenvalue weighted by Gasteiger charge is -2.33. The molecule has 0 N–H and O–H groups in total. The number of rotatable bonds is 3. The van der Waals surface area contributed by atoms with Crippen molar-refractivity contribution in [2.24, 2.45) is 11.8 Å². The van der Waals surface area contributed by atoms with Gasteiger partial charge in [-0.2, -0.15) is 5.26 Å². The smallest absolute Gasteiger partial charge is 0.0998 e. The quantitative estimate of drug-likeness (QED) is 0.603. The zero-order valence-corrected chi connectivity index (χ0v) is 16.2. The first-order valence-corrected chi connectivity index (χ1v) is 9.75. The highest BCUT2D eigenvalue weighted by Gasteiger charge is 2.30.